The van der Waals surface area contributed by atoms with Gasteiger partial charge in [0.25, 0.3) is 5.91 Å². The number of H-pyrrole nitrogens is 1. The lowest BCUT2D eigenvalue weighted by Crippen LogP contribution is -2.39. The highest BCUT2D eigenvalue weighted by molar-refractivity contribution is 5.95. The molecule has 1 saturated heterocycles. The van der Waals surface area contributed by atoms with Crippen molar-refractivity contribution >= 4 is 11.7 Å². The van der Waals surface area contributed by atoms with Crippen molar-refractivity contribution in [1.29, 1.82) is 0 Å². The van der Waals surface area contributed by atoms with Gasteiger partial charge >= 0.3 is 0 Å². The first-order valence-electron chi connectivity index (χ1n) is 12.0. The van der Waals surface area contributed by atoms with Crippen LogP contribution < -0.4 is 15.0 Å². The number of benzene rings is 2. The van der Waals surface area contributed by atoms with Gasteiger partial charge in [-0.15, -0.1) is 0 Å². The Morgan fingerprint density at radius 1 is 1.19 bits per heavy atom. The van der Waals surface area contributed by atoms with Crippen molar-refractivity contribution < 1.29 is 19.0 Å². The summed E-state index contributed by atoms with van der Waals surface area (Å²) in [5.41, 5.74) is 2.94. The highest BCUT2D eigenvalue weighted by atomic mass is 19.1. The zero-order valence-electron chi connectivity index (χ0n) is 20.3. The number of nitrogens with zero attached hydrogens (tertiary/aromatic N) is 4. The van der Waals surface area contributed by atoms with Crippen LogP contribution >= 0.6 is 0 Å². The molecule has 0 spiro atoms. The van der Waals surface area contributed by atoms with Gasteiger partial charge in [-0.2, -0.15) is 5.10 Å². The smallest absolute Gasteiger partial charge is 0.251 e. The summed E-state index contributed by atoms with van der Waals surface area (Å²) in [6.07, 6.45) is 4.46. The largest absolute Gasteiger partial charge is 0.508 e. The molecular weight excluding hydrogens is 475 g/mol. The summed E-state index contributed by atoms with van der Waals surface area (Å²) in [6.45, 7) is 1.71. The normalized spacial score (nSPS) is 13.9. The summed E-state index contributed by atoms with van der Waals surface area (Å²) < 4.78 is 19.9. The fraction of sp³-hybridized carbons (Fsp3) is 0.259. The van der Waals surface area contributed by atoms with Crippen LogP contribution in [0.3, 0.4) is 0 Å². The third kappa shape index (κ3) is 5.53. The maximum atomic E-state index is 14.7. The minimum atomic E-state index is -0.460. The fourth-order valence-electron chi connectivity index (χ4n) is 4.48. The van der Waals surface area contributed by atoms with Gasteiger partial charge in [-0.3, -0.25) is 9.89 Å². The molecule has 0 aliphatic carbocycles. The Bertz CT molecular complexity index is 1390. The third-order valence-electron chi connectivity index (χ3n) is 6.51. The number of methoxy groups -OCH3 is 1. The number of rotatable bonds is 7. The molecule has 1 aliphatic heterocycles. The van der Waals surface area contributed by atoms with Crippen LogP contribution in [0.4, 0.5) is 10.2 Å². The molecule has 0 atom stereocenters. The molecule has 37 heavy (non-hydrogen) atoms. The topological polar surface area (TPSA) is 116 Å². The van der Waals surface area contributed by atoms with E-state index in [9.17, 15) is 14.3 Å². The molecule has 190 valence electrons. The predicted octanol–water partition coefficient (Wildman–Crippen LogP) is 4.03. The van der Waals surface area contributed by atoms with E-state index in [-0.39, 0.29) is 23.4 Å². The van der Waals surface area contributed by atoms with E-state index in [2.05, 4.69) is 25.5 Å². The maximum Gasteiger partial charge on any atom is 0.251 e. The average molecular weight is 503 g/mol. The number of carbonyl (C=O) groups is 1. The van der Waals surface area contributed by atoms with Crippen molar-refractivity contribution in [3.8, 4) is 34.1 Å². The number of hydrogen-bond donors (Lipinski definition) is 3. The Morgan fingerprint density at radius 3 is 2.76 bits per heavy atom. The van der Waals surface area contributed by atoms with E-state index in [0.29, 0.717) is 36.8 Å². The standard InChI is InChI=1S/C27H27FN6O3/c1-37-22-13-20(12-21(35)14-22)27(36)30-15-17-6-9-34(10-7-17)26-23(28)16-29-25(32-26)19-4-2-3-18(11-19)24-5-8-31-33-24/h2-5,8,11-14,16-17,35H,6-7,9-10,15H2,1H3,(H,30,36)(H,31,33). The van der Waals surface area contributed by atoms with E-state index in [1.165, 1.54) is 25.4 Å². The molecule has 9 nitrogen and oxygen atoms in total. The summed E-state index contributed by atoms with van der Waals surface area (Å²) in [7, 11) is 1.48. The molecule has 1 fully saturated rings. The number of aromatic nitrogens is 4. The van der Waals surface area contributed by atoms with E-state index in [1.807, 2.05) is 35.2 Å². The van der Waals surface area contributed by atoms with Crippen LogP contribution in [0.1, 0.15) is 23.2 Å². The average Bonchev–Trinajstić information content (AvgIpc) is 3.47. The first kappa shape index (κ1) is 24.2. The number of anilines is 1. The molecule has 2 aromatic heterocycles. The Kier molecular flexibility index (Phi) is 6.98. The van der Waals surface area contributed by atoms with Gasteiger partial charge in [0.1, 0.15) is 11.5 Å². The van der Waals surface area contributed by atoms with E-state index >= 15 is 0 Å². The molecule has 2 aromatic carbocycles. The lowest BCUT2D eigenvalue weighted by Gasteiger charge is -2.33. The molecule has 3 N–H and O–H groups in total. The number of aromatic amines is 1. The molecule has 0 radical (unpaired) electrons. The highest BCUT2D eigenvalue weighted by Gasteiger charge is 2.24. The SMILES string of the molecule is COc1cc(O)cc(C(=O)NCC2CCN(c3nc(-c4cccc(-c5ccn[nH]5)c4)ncc3F)CC2)c1. The van der Waals surface area contributed by atoms with Gasteiger partial charge in [-0.05, 0) is 43.0 Å². The number of aromatic hydroxyl groups is 1. The summed E-state index contributed by atoms with van der Waals surface area (Å²) in [4.78, 5) is 23.3. The van der Waals surface area contributed by atoms with Crippen molar-refractivity contribution in [3.63, 3.8) is 0 Å². The van der Waals surface area contributed by atoms with E-state index in [4.69, 9.17) is 4.74 Å². The Labute approximate surface area is 213 Å². The number of carbonyl (C=O) groups excluding carboxylic acids is 1. The Hall–Kier alpha value is -4.47. The zero-order valence-corrected chi connectivity index (χ0v) is 20.3. The van der Waals surface area contributed by atoms with Gasteiger partial charge in [0.05, 0.1) is 19.0 Å². The summed E-state index contributed by atoms with van der Waals surface area (Å²) >= 11 is 0. The first-order valence-corrected chi connectivity index (χ1v) is 12.0. The van der Waals surface area contributed by atoms with Gasteiger partial charge in [0.2, 0.25) is 0 Å². The fourth-order valence-corrected chi connectivity index (χ4v) is 4.48. The predicted molar refractivity (Wildman–Crippen MR) is 137 cm³/mol. The number of amides is 1. The highest BCUT2D eigenvalue weighted by Crippen LogP contribution is 2.28. The second-order valence-electron chi connectivity index (χ2n) is 8.98. The molecule has 5 rings (SSSR count). The van der Waals surface area contributed by atoms with Crippen molar-refractivity contribution in [2.45, 2.75) is 12.8 Å². The number of ether oxygens (including phenoxy) is 1. The monoisotopic (exact) mass is 502 g/mol. The molecule has 10 heteroatoms. The van der Waals surface area contributed by atoms with E-state index in [1.54, 1.807) is 12.3 Å². The number of nitrogens with one attached hydrogen (secondary N) is 2. The second-order valence-corrected chi connectivity index (χ2v) is 8.98. The van der Waals surface area contributed by atoms with Gasteiger partial charge in [-0.1, -0.05) is 18.2 Å². The first-order chi connectivity index (χ1) is 18.0. The maximum absolute atomic E-state index is 14.7. The van der Waals surface area contributed by atoms with Crippen LogP contribution in [0.15, 0.2) is 60.9 Å². The Morgan fingerprint density at radius 2 is 2.00 bits per heavy atom. The molecule has 1 aliphatic rings. The van der Waals surface area contributed by atoms with Gasteiger partial charge in [0, 0.05) is 48.6 Å². The van der Waals surface area contributed by atoms with E-state index in [0.717, 1.165) is 29.7 Å². The van der Waals surface area contributed by atoms with Gasteiger partial charge < -0.3 is 20.1 Å². The number of hydrogen-bond acceptors (Lipinski definition) is 7. The molecule has 4 aromatic rings. The molecule has 0 unspecified atom stereocenters. The zero-order chi connectivity index (χ0) is 25.8. The molecular formula is C27H27FN6O3. The summed E-state index contributed by atoms with van der Waals surface area (Å²) in [6, 6.07) is 14.0. The third-order valence-corrected chi connectivity index (χ3v) is 6.51. The summed E-state index contributed by atoms with van der Waals surface area (Å²) in [5, 5.41) is 19.7. The van der Waals surface area contributed by atoms with Gasteiger partial charge in [-0.25, -0.2) is 14.4 Å². The number of phenols is 1. The molecule has 0 saturated carbocycles. The van der Waals surface area contributed by atoms with Crippen LogP contribution in [-0.4, -0.2) is 57.9 Å². The quantitative estimate of drug-likeness (QED) is 0.349. The van der Waals surface area contributed by atoms with E-state index < -0.39 is 5.82 Å². The van der Waals surface area contributed by atoms with Crippen molar-refractivity contribution in [2.24, 2.45) is 5.92 Å². The Balaban J connectivity index is 1.22. The number of piperidine rings is 1. The van der Waals surface area contributed by atoms with Crippen molar-refractivity contribution in [2.75, 3.05) is 31.6 Å². The minimum absolute atomic E-state index is 0.0305. The second kappa shape index (κ2) is 10.7. The van der Waals surface area contributed by atoms with Gasteiger partial charge in [0.15, 0.2) is 17.5 Å². The van der Waals surface area contributed by atoms with Crippen molar-refractivity contribution in [3.05, 3.63) is 72.3 Å². The molecule has 3 heterocycles. The minimum Gasteiger partial charge on any atom is -0.508 e. The van der Waals surface area contributed by atoms with Crippen LogP contribution in [0.2, 0.25) is 0 Å². The van der Waals surface area contributed by atoms with Crippen LogP contribution in [-0.2, 0) is 0 Å². The number of halogens is 1. The van der Waals surface area contributed by atoms with Crippen LogP contribution in [0, 0.1) is 11.7 Å². The molecule has 0 bridgehead atoms. The van der Waals surface area contributed by atoms with Crippen molar-refractivity contribution in [1.82, 2.24) is 25.5 Å². The van der Waals surface area contributed by atoms with Crippen LogP contribution in [0.5, 0.6) is 11.5 Å². The lowest BCUT2D eigenvalue weighted by atomic mass is 9.96. The summed E-state index contributed by atoms with van der Waals surface area (Å²) in [5.74, 6) is 0.628. The number of phenolic OH excluding ortho intramolecular Hbond substituents is 1. The van der Waals surface area contributed by atoms with Crippen LogP contribution in [0.25, 0.3) is 22.6 Å². The lowest BCUT2D eigenvalue weighted by molar-refractivity contribution is 0.0944. The molecule has 1 amide bonds.